The first kappa shape index (κ1) is 15.8. The predicted molar refractivity (Wildman–Crippen MR) is 88.5 cm³/mol. The minimum atomic E-state index is -0.111. The van der Waals surface area contributed by atoms with E-state index in [1.54, 1.807) is 0 Å². The zero-order valence-electron chi connectivity index (χ0n) is 13.1. The zero-order valence-corrected chi connectivity index (χ0v) is 13.1. The summed E-state index contributed by atoms with van der Waals surface area (Å²) in [6.07, 6.45) is 3.33. The Hall–Kier alpha value is -1.55. The first-order valence-corrected chi connectivity index (χ1v) is 7.96. The van der Waals surface area contributed by atoms with Gasteiger partial charge in [0.2, 0.25) is 5.91 Å². The second-order valence-electron chi connectivity index (χ2n) is 6.30. The molecule has 1 saturated heterocycles. The number of nitrogens with one attached hydrogen (secondary N) is 1. The highest BCUT2D eigenvalue weighted by molar-refractivity contribution is 5.93. The van der Waals surface area contributed by atoms with Crippen LogP contribution in [0.5, 0.6) is 0 Å². The number of amides is 1. The molecule has 0 aromatic heterocycles. The number of nitrogens with two attached hydrogens (primary N) is 1. The van der Waals surface area contributed by atoms with E-state index in [0.29, 0.717) is 12.5 Å². The smallest absolute Gasteiger partial charge is 0.228 e. The van der Waals surface area contributed by atoms with Crippen LogP contribution in [0, 0.1) is 11.8 Å². The molecule has 0 aliphatic carbocycles. The van der Waals surface area contributed by atoms with Crippen LogP contribution in [0.2, 0.25) is 0 Å². The summed E-state index contributed by atoms with van der Waals surface area (Å²) in [5, 5.41) is 3.02. The van der Waals surface area contributed by atoms with E-state index in [0.717, 1.165) is 25.2 Å². The van der Waals surface area contributed by atoms with Crippen LogP contribution in [0.4, 0.5) is 11.4 Å². The van der Waals surface area contributed by atoms with Crippen LogP contribution in [0.25, 0.3) is 0 Å². The Morgan fingerprint density at radius 1 is 1.33 bits per heavy atom. The number of anilines is 2. The van der Waals surface area contributed by atoms with Gasteiger partial charge in [0.05, 0.1) is 5.92 Å². The molecule has 116 valence electrons. The van der Waals surface area contributed by atoms with Crippen molar-refractivity contribution in [1.29, 1.82) is 0 Å². The summed E-state index contributed by atoms with van der Waals surface area (Å²) in [6, 6.07) is 8.12. The molecule has 0 radical (unpaired) electrons. The van der Waals surface area contributed by atoms with Crippen LogP contribution in [0.15, 0.2) is 24.3 Å². The standard InChI is InChI=1S/C17H27N3O/c1-13(2)10-14(12-18)17(21)19-15-6-5-7-16(11-15)20-8-3-4-9-20/h5-7,11,13-14H,3-4,8-10,12,18H2,1-2H3,(H,19,21). The summed E-state index contributed by atoms with van der Waals surface area (Å²) in [5.74, 6) is 0.394. The molecule has 1 amide bonds. The fourth-order valence-electron chi connectivity index (χ4n) is 2.88. The monoisotopic (exact) mass is 289 g/mol. The average molecular weight is 289 g/mol. The molecule has 1 aromatic carbocycles. The third kappa shape index (κ3) is 4.46. The number of hydrogen-bond acceptors (Lipinski definition) is 3. The van der Waals surface area contributed by atoms with Gasteiger partial charge >= 0.3 is 0 Å². The largest absolute Gasteiger partial charge is 0.371 e. The second-order valence-corrected chi connectivity index (χ2v) is 6.30. The molecule has 1 aliphatic heterocycles. The van der Waals surface area contributed by atoms with Gasteiger partial charge in [-0.2, -0.15) is 0 Å². The van der Waals surface area contributed by atoms with Crippen molar-refractivity contribution in [2.75, 3.05) is 29.9 Å². The van der Waals surface area contributed by atoms with Crippen LogP contribution >= 0.6 is 0 Å². The number of carbonyl (C=O) groups is 1. The lowest BCUT2D eigenvalue weighted by atomic mass is 9.96. The molecule has 2 rings (SSSR count). The fraction of sp³-hybridized carbons (Fsp3) is 0.588. The normalized spacial score (nSPS) is 16.3. The van der Waals surface area contributed by atoms with Gasteiger partial charge in [-0.15, -0.1) is 0 Å². The Kier molecular flexibility index (Phi) is 5.62. The van der Waals surface area contributed by atoms with E-state index in [1.807, 2.05) is 12.1 Å². The molecule has 0 spiro atoms. The SMILES string of the molecule is CC(C)CC(CN)C(=O)Nc1cccc(N2CCCC2)c1. The molecule has 1 fully saturated rings. The second kappa shape index (κ2) is 7.46. The van der Waals surface area contributed by atoms with Crippen molar-refractivity contribution in [1.82, 2.24) is 0 Å². The summed E-state index contributed by atoms with van der Waals surface area (Å²) in [4.78, 5) is 14.7. The quantitative estimate of drug-likeness (QED) is 0.846. The van der Waals surface area contributed by atoms with E-state index in [9.17, 15) is 4.79 Å². The molecule has 4 nitrogen and oxygen atoms in total. The minimum absolute atomic E-state index is 0.0322. The summed E-state index contributed by atoms with van der Waals surface area (Å²) < 4.78 is 0. The topological polar surface area (TPSA) is 58.4 Å². The average Bonchev–Trinajstić information content (AvgIpc) is 2.99. The predicted octanol–water partition coefficient (Wildman–Crippen LogP) is 2.85. The highest BCUT2D eigenvalue weighted by atomic mass is 16.1. The van der Waals surface area contributed by atoms with Gasteiger partial charge in [-0.05, 0) is 43.4 Å². The van der Waals surface area contributed by atoms with Crippen molar-refractivity contribution in [3.63, 3.8) is 0 Å². The molecule has 21 heavy (non-hydrogen) atoms. The molecule has 3 N–H and O–H groups in total. The van der Waals surface area contributed by atoms with Crippen molar-refractivity contribution in [3.05, 3.63) is 24.3 Å². The van der Waals surface area contributed by atoms with Gasteiger partial charge in [-0.3, -0.25) is 4.79 Å². The molecule has 4 heteroatoms. The Morgan fingerprint density at radius 3 is 2.67 bits per heavy atom. The molecular formula is C17H27N3O. The van der Waals surface area contributed by atoms with Gasteiger partial charge in [-0.1, -0.05) is 19.9 Å². The van der Waals surface area contributed by atoms with Crippen molar-refractivity contribution >= 4 is 17.3 Å². The Morgan fingerprint density at radius 2 is 2.05 bits per heavy atom. The van der Waals surface area contributed by atoms with E-state index >= 15 is 0 Å². The van der Waals surface area contributed by atoms with Crippen molar-refractivity contribution in [2.24, 2.45) is 17.6 Å². The Labute approximate surface area is 127 Å². The van der Waals surface area contributed by atoms with Crippen LogP contribution in [-0.4, -0.2) is 25.5 Å². The van der Waals surface area contributed by atoms with Crippen molar-refractivity contribution < 1.29 is 4.79 Å². The van der Waals surface area contributed by atoms with Gasteiger partial charge < -0.3 is 16.0 Å². The molecule has 0 saturated carbocycles. The maximum Gasteiger partial charge on any atom is 0.228 e. The van der Waals surface area contributed by atoms with Crippen molar-refractivity contribution in [2.45, 2.75) is 33.1 Å². The Bertz CT molecular complexity index is 467. The summed E-state index contributed by atoms with van der Waals surface area (Å²) in [5.41, 5.74) is 7.80. The van der Waals surface area contributed by atoms with Gasteiger partial charge in [-0.25, -0.2) is 0 Å². The zero-order chi connectivity index (χ0) is 15.2. The van der Waals surface area contributed by atoms with Crippen LogP contribution in [0.3, 0.4) is 0 Å². The molecule has 1 aliphatic rings. The lowest BCUT2D eigenvalue weighted by molar-refractivity contribution is -0.120. The van der Waals surface area contributed by atoms with Gasteiger partial charge in [0, 0.05) is 31.0 Å². The van der Waals surface area contributed by atoms with E-state index in [2.05, 4.69) is 36.2 Å². The summed E-state index contributed by atoms with van der Waals surface area (Å²) in [7, 11) is 0. The summed E-state index contributed by atoms with van der Waals surface area (Å²) in [6.45, 7) is 6.84. The summed E-state index contributed by atoms with van der Waals surface area (Å²) >= 11 is 0. The lowest BCUT2D eigenvalue weighted by Crippen LogP contribution is -2.30. The van der Waals surface area contributed by atoms with E-state index in [-0.39, 0.29) is 11.8 Å². The lowest BCUT2D eigenvalue weighted by Gasteiger charge is -2.20. The molecular weight excluding hydrogens is 262 g/mol. The third-order valence-corrected chi connectivity index (χ3v) is 4.00. The van der Waals surface area contributed by atoms with E-state index in [4.69, 9.17) is 5.73 Å². The maximum atomic E-state index is 12.3. The number of nitrogens with zero attached hydrogens (tertiary/aromatic N) is 1. The number of carbonyl (C=O) groups excluding carboxylic acids is 1. The molecule has 1 atom stereocenters. The fourth-order valence-corrected chi connectivity index (χ4v) is 2.88. The number of benzene rings is 1. The van der Waals surface area contributed by atoms with Gasteiger partial charge in [0.25, 0.3) is 0 Å². The van der Waals surface area contributed by atoms with E-state index in [1.165, 1.54) is 18.5 Å². The Balaban J connectivity index is 2.01. The first-order chi connectivity index (χ1) is 10.1. The van der Waals surface area contributed by atoms with Crippen LogP contribution < -0.4 is 16.0 Å². The molecule has 1 aromatic rings. The molecule has 0 bridgehead atoms. The van der Waals surface area contributed by atoms with Crippen molar-refractivity contribution in [3.8, 4) is 0 Å². The third-order valence-electron chi connectivity index (χ3n) is 4.00. The number of rotatable bonds is 6. The maximum absolute atomic E-state index is 12.3. The molecule has 1 unspecified atom stereocenters. The van der Waals surface area contributed by atoms with Crippen LogP contribution in [0.1, 0.15) is 33.1 Å². The van der Waals surface area contributed by atoms with Gasteiger partial charge in [0.15, 0.2) is 0 Å². The minimum Gasteiger partial charge on any atom is -0.371 e. The van der Waals surface area contributed by atoms with Crippen LogP contribution in [-0.2, 0) is 4.79 Å². The van der Waals surface area contributed by atoms with E-state index < -0.39 is 0 Å². The first-order valence-electron chi connectivity index (χ1n) is 7.96. The highest BCUT2D eigenvalue weighted by Gasteiger charge is 2.19. The molecule has 1 heterocycles. The van der Waals surface area contributed by atoms with Gasteiger partial charge in [0.1, 0.15) is 0 Å². The highest BCUT2D eigenvalue weighted by Crippen LogP contribution is 2.24. The number of hydrogen-bond donors (Lipinski definition) is 2.